The average Bonchev–Trinajstić information content (AvgIpc) is 3.05. The first-order valence-electron chi connectivity index (χ1n) is 10.1. The highest BCUT2D eigenvalue weighted by Crippen LogP contribution is 2.26. The molecule has 0 bridgehead atoms. The maximum absolute atomic E-state index is 11.9. The second kappa shape index (κ2) is 9.73. The summed E-state index contributed by atoms with van der Waals surface area (Å²) in [5.41, 5.74) is 1.09. The van der Waals surface area contributed by atoms with E-state index in [4.69, 9.17) is 9.73 Å². The van der Waals surface area contributed by atoms with Crippen LogP contribution < -0.4 is 10.6 Å². The van der Waals surface area contributed by atoms with E-state index in [1.807, 2.05) is 19.4 Å². The second-order valence-corrected chi connectivity index (χ2v) is 7.26. The largest absolute Gasteiger partial charge is 0.370 e. The van der Waals surface area contributed by atoms with Crippen LogP contribution in [0.15, 0.2) is 17.4 Å². The highest BCUT2D eigenvalue weighted by Gasteiger charge is 2.25. The van der Waals surface area contributed by atoms with Crippen molar-refractivity contribution in [1.82, 2.24) is 25.3 Å². The lowest BCUT2D eigenvalue weighted by molar-refractivity contribution is -0.127. The Morgan fingerprint density at radius 2 is 2.26 bits per heavy atom. The van der Waals surface area contributed by atoms with Gasteiger partial charge in [0.25, 0.3) is 0 Å². The molecule has 2 fully saturated rings. The number of aromatic nitrogens is 2. The molecule has 8 nitrogen and oxygen atoms in total. The first-order valence-corrected chi connectivity index (χ1v) is 10.1. The lowest BCUT2D eigenvalue weighted by atomic mass is 9.85. The molecule has 150 valence electrons. The number of carbonyl (C=O) groups excluding carboxylic acids is 1. The van der Waals surface area contributed by atoms with E-state index in [1.54, 1.807) is 4.68 Å². The van der Waals surface area contributed by atoms with E-state index in [-0.39, 0.29) is 17.9 Å². The molecule has 3 rings (SSSR count). The van der Waals surface area contributed by atoms with Crippen LogP contribution in [0.5, 0.6) is 0 Å². The summed E-state index contributed by atoms with van der Waals surface area (Å²) >= 11 is 0. The summed E-state index contributed by atoms with van der Waals surface area (Å²) in [6.07, 6.45) is 8.01. The Labute approximate surface area is 161 Å². The van der Waals surface area contributed by atoms with Crippen LogP contribution in [0.25, 0.3) is 0 Å². The van der Waals surface area contributed by atoms with E-state index in [1.165, 1.54) is 6.42 Å². The number of nitrogens with zero attached hydrogens (tertiary/aromatic N) is 4. The van der Waals surface area contributed by atoms with Gasteiger partial charge in [0.15, 0.2) is 5.96 Å². The van der Waals surface area contributed by atoms with Crippen LogP contribution in [-0.2, 0) is 16.6 Å². The topological polar surface area (TPSA) is 83.8 Å². The zero-order chi connectivity index (χ0) is 19.1. The third-order valence-corrected chi connectivity index (χ3v) is 5.17. The number of rotatable bonds is 7. The zero-order valence-corrected chi connectivity index (χ0v) is 16.5. The van der Waals surface area contributed by atoms with Crippen LogP contribution in [0.3, 0.4) is 0 Å². The summed E-state index contributed by atoms with van der Waals surface area (Å²) in [5, 5.41) is 10.6. The van der Waals surface area contributed by atoms with Crippen molar-refractivity contribution in [3.63, 3.8) is 0 Å². The van der Waals surface area contributed by atoms with Gasteiger partial charge in [-0.15, -0.1) is 0 Å². The van der Waals surface area contributed by atoms with E-state index in [2.05, 4.69) is 27.6 Å². The number of ether oxygens (including phenoxy) is 1. The molecule has 2 aliphatic rings. The van der Waals surface area contributed by atoms with Crippen molar-refractivity contribution >= 4 is 11.9 Å². The van der Waals surface area contributed by atoms with Gasteiger partial charge in [-0.05, 0) is 26.2 Å². The first kappa shape index (κ1) is 19.7. The molecule has 1 aromatic rings. The van der Waals surface area contributed by atoms with Gasteiger partial charge in [-0.1, -0.05) is 6.42 Å². The van der Waals surface area contributed by atoms with Crippen LogP contribution in [0, 0.1) is 5.92 Å². The van der Waals surface area contributed by atoms with Gasteiger partial charge >= 0.3 is 0 Å². The van der Waals surface area contributed by atoms with Crippen molar-refractivity contribution in [3.05, 3.63) is 18.0 Å². The lowest BCUT2D eigenvalue weighted by Gasteiger charge is -2.34. The highest BCUT2D eigenvalue weighted by atomic mass is 16.5. The fourth-order valence-corrected chi connectivity index (χ4v) is 3.37. The predicted molar refractivity (Wildman–Crippen MR) is 104 cm³/mol. The van der Waals surface area contributed by atoms with E-state index in [9.17, 15) is 4.79 Å². The minimum absolute atomic E-state index is 0.0121. The average molecular weight is 377 g/mol. The van der Waals surface area contributed by atoms with E-state index in [0.29, 0.717) is 19.7 Å². The Morgan fingerprint density at radius 3 is 2.93 bits per heavy atom. The molecule has 1 aliphatic heterocycles. The van der Waals surface area contributed by atoms with Gasteiger partial charge in [0.1, 0.15) is 6.10 Å². The summed E-state index contributed by atoms with van der Waals surface area (Å²) in [7, 11) is 1.92. The maximum Gasteiger partial charge on any atom is 0.223 e. The Balaban J connectivity index is 1.47. The molecule has 0 aromatic carbocycles. The molecular weight excluding hydrogens is 344 g/mol. The normalized spacial score (nSPS) is 21.0. The van der Waals surface area contributed by atoms with Gasteiger partial charge in [-0.2, -0.15) is 5.10 Å². The molecule has 1 aliphatic carbocycles. The minimum Gasteiger partial charge on any atom is -0.370 e. The van der Waals surface area contributed by atoms with Crippen molar-refractivity contribution in [3.8, 4) is 0 Å². The third kappa shape index (κ3) is 5.45. The lowest BCUT2D eigenvalue weighted by Crippen LogP contribution is -2.48. The molecule has 8 heteroatoms. The summed E-state index contributed by atoms with van der Waals surface area (Å²) in [6.45, 7) is 6.54. The number of amides is 1. The van der Waals surface area contributed by atoms with Crippen LogP contribution >= 0.6 is 0 Å². The van der Waals surface area contributed by atoms with Crippen molar-refractivity contribution in [1.29, 1.82) is 0 Å². The summed E-state index contributed by atoms with van der Waals surface area (Å²) in [4.78, 5) is 18.9. The fourth-order valence-electron chi connectivity index (χ4n) is 3.37. The molecule has 1 amide bonds. The molecule has 1 atom stereocenters. The SMILES string of the molecule is CCNC(=NCCCNC(=O)C1CCC1)N1CCOC(c2cnn(C)c2)C1. The summed E-state index contributed by atoms with van der Waals surface area (Å²) in [5.74, 6) is 1.38. The van der Waals surface area contributed by atoms with E-state index >= 15 is 0 Å². The number of guanidine groups is 1. The highest BCUT2D eigenvalue weighted by molar-refractivity contribution is 5.80. The summed E-state index contributed by atoms with van der Waals surface area (Å²) in [6, 6.07) is 0. The molecular formula is C19H32N6O2. The first-order chi connectivity index (χ1) is 13.2. The van der Waals surface area contributed by atoms with Gasteiger partial charge in [0, 0.05) is 50.9 Å². The molecule has 27 heavy (non-hydrogen) atoms. The number of carbonyl (C=O) groups is 1. The number of aliphatic imine (C=N–C) groups is 1. The van der Waals surface area contributed by atoms with Gasteiger partial charge in [-0.25, -0.2) is 0 Å². The number of aryl methyl sites for hydroxylation is 1. The molecule has 1 saturated heterocycles. The van der Waals surface area contributed by atoms with Gasteiger partial charge < -0.3 is 20.3 Å². The van der Waals surface area contributed by atoms with Crippen molar-refractivity contribution in [2.45, 2.75) is 38.7 Å². The number of nitrogens with one attached hydrogen (secondary N) is 2. The van der Waals surface area contributed by atoms with Crippen LogP contribution in [-0.4, -0.2) is 65.9 Å². The van der Waals surface area contributed by atoms with Crippen LogP contribution in [0.2, 0.25) is 0 Å². The Hall–Kier alpha value is -2.09. The van der Waals surface area contributed by atoms with Crippen LogP contribution in [0.4, 0.5) is 0 Å². The van der Waals surface area contributed by atoms with E-state index < -0.39 is 0 Å². The van der Waals surface area contributed by atoms with Gasteiger partial charge in [-0.3, -0.25) is 14.5 Å². The molecule has 0 radical (unpaired) electrons. The number of morpholine rings is 1. The molecule has 1 unspecified atom stereocenters. The molecule has 2 N–H and O–H groups in total. The second-order valence-electron chi connectivity index (χ2n) is 7.26. The molecule has 1 saturated carbocycles. The van der Waals surface area contributed by atoms with Crippen molar-refractivity contribution in [2.24, 2.45) is 18.0 Å². The molecule has 1 aromatic heterocycles. The molecule has 2 heterocycles. The zero-order valence-electron chi connectivity index (χ0n) is 16.5. The quantitative estimate of drug-likeness (QED) is 0.422. The van der Waals surface area contributed by atoms with Gasteiger partial charge in [0.2, 0.25) is 5.91 Å². The monoisotopic (exact) mass is 376 g/mol. The minimum atomic E-state index is 0.0121. The maximum atomic E-state index is 11.9. The van der Waals surface area contributed by atoms with Crippen LogP contribution in [0.1, 0.15) is 44.3 Å². The smallest absolute Gasteiger partial charge is 0.223 e. The standard InChI is InChI=1S/C19H32N6O2/c1-3-20-19(22-9-5-8-21-18(26)15-6-4-7-15)25-10-11-27-17(14-25)16-12-23-24(2)13-16/h12-13,15,17H,3-11,14H2,1-2H3,(H,20,22)(H,21,26). The number of hydrogen-bond acceptors (Lipinski definition) is 4. The van der Waals surface area contributed by atoms with Crippen molar-refractivity contribution in [2.75, 3.05) is 39.3 Å². The fraction of sp³-hybridized carbons (Fsp3) is 0.737. The van der Waals surface area contributed by atoms with Gasteiger partial charge in [0.05, 0.1) is 19.3 Å². The van der Waals surface area contributed by atoms with E-state index in [0.717, 1.165) is 50.4 Å². The van der Waals surface area contributed by atoms with Crippen molar-refractivity contribution < 1.29 is 9.53 Å². The third-order valence-electron chi connectivity index (χ3n) is 5.17. The Morgan fingerprint density at radius 1 is 1.41 bits per heavy atom. The molecule has 0 spiro atoms. The summed E-state index contributed by atoms with van der Waals surface area (Å²) < 4.78 is 7.72. The Kier molecular flexibility index (Phi) is 7.09. The predicted octanol–water partition coefficient (Wildman–Crippen LogP) is 1.07. The Bertz CT molecular complexity index is 640. The number of hydrogen-bond donors (Lipinski definition) is 2.